The summed E-state index contributed by atoms with van der Waals surface area (Å²) in [6, 6.07) is 9.43. The first kappa shape index (κ1) is 15.0. The van der Waals surface area contributed by atoms with Crippen LogP contribution in [0.15, 0.2) is 42.7 Å². The molecule has 1 aromatic heterocycles. The lowest BCUT2D eigenvalue weighted by atomic mass is 10.1. The second-order valence-electron chi connectivity index (χ2n) is 4.94. The van der Waals surface area contributed by atoms with E-state index in [-0.39, 0.29) is 5.91 Å². The van der Waals surface area contributed by atoms with E-state index in [0.717, 1.165) is 16.9 Å². The van der Waals surface area contributed by atoms with E-state index >= 15 is 0 Å². The van der Waals surface area contributed by atoms with Gasteiger partial charge in [-0.3, -0.25) is 9.78 Å². The molecule has 0 saturated heterocycles. The topological polar surface area (TPSA) is 51.2 Å². The van der Waals surface area contributed by atoms with E-state index in [1.165, 1.54) is 0 Å². The van der Waals surface area contributed by atoms with Crippen molar-refractivity contribution < 1.29 is 9.53 Å². The molecule has 0 bridgehead atoms. The molecular formula is C17H20N2O2. The van der Waals surface area contributed by atoms with Gasteiger partial charge in [-0.2, -0.15) is 0 Å². The zero-order valence-corrected chi connectivity index (χ0v) is 12.6. The summed E-state index contributed by atoms with van der Waals surface area (Å²) in [5.74, 6) is 0.592. The third-order valence-electron chi connectivity index (χ3n) is 3.42. The second-order valence-corrected chi connectivity index (χ2v) is 4.94. The summed E-state index contributed by atoms with van der Waals surface area (Å²) in [5.41, 5.74) is 2.88. The zero-order valence-electron chi connectivity index (χ0n) is 12.6. The van der Waals surface area contributed by atoms with Gasteiger partial charge in [-0.05, 0) is 49.6 Å². The summed E-state index contributed by atoms with van der Waals surface area (Å²) in [5, 5.41) is 2.82. The molecule has 2 aromatic rings. The first-order chi connectivity index (χ1) is 10.1. The van der Waals surface area contributed by atoms with Gasteiger partial charge in [-0.25, -0.2) is 0 Å². The molecule has 1 atom stereocenters. The van der Waals surface area contributed by atoms with Crippen LogP contribution in [-0.4, -0.2) is 17.0 Å². The summed E-state index contributed by atoms with van der Waals surface area (Å²) in [6.07, 6.45) is 3.35. The lowest BCUT2D eigenvalue weighted by Gasteiger charge is -2.19. The van der Waals surface area contributed by atoms with Crippen molar-refractivity contribution in [1.82, 2.24) is 4.98 Å². The minimum Gasteiger partial charge on any atom is -0.480 e. The quantitative estimate of drug-likeness (QED) is 0.914. The minimum absolute atomic E-state index is 0.161. The van der Waals surface area contributed by atoms with E-state index in [0.29, 0.717) is 12.1 Å². The molecule has 0 aliphatic heterocycles. The van der Waals surface area contributed by atoms with Crippen molar-refractivity contribution >= 4 is 11.6 Å². The summed E-state index contributed by atoms with van der Waals surface area (Å²) >= 11 is 0. The third kappa shape index (κ3) is 3.81. The van der Waals surface area contributed by atoms with E-state index in [4.69, 9.17) is 4.74 Å². The Balaban J connectivity index is 2.09. The molecule has 1 N–H and O–H groups in total. The van der Waals surface area contributed by atoms with Crippen LogP contribution >= 0.6 is 0 Å². The Bertz CT molecular complexity index is 611. The van der Waals surface area contributed by atoms with Crippen LogP contribution in [0.25, 0.3) is 0 Å². The van der Waals surface area contributed by atoms with E-state index in [1.54, 1.807) is 24.5 Å². The fourth-order valence-corrected chi connectivity index (χ4v) is 1.99. The standard InChI is InChI=1S/C17H20N2O2/c1-4-15(17(20)19-14-8-6-10-18-11-14)21-16-9-5-7-12(2)13(16)3/h5-11,15H,4H2,1-3H3,(H,19,20)/t15-/m0/s1. The van der Waals surface area contributed by atoms with Crippen molar-refractivity contribution in [3.8, 4) is 5.75 Å². The predicted molar refractivity (Wildman–Crippen MR) is 83.5 cm³/mol. The van der Waals surface area contributed by atoms with Gasteiger partial charge in [0.2, 0.25) is 0 Å². The Labute approximate surface area is 125 Å². The summed E-state index contributed by atoms with van der Waals surface area (Å²) < 4.78 is 5.88. The van der Waals surface area contributed by atoms with Crippen molar-refractivity contribution in [3.05, 3.63) is 53.9 Å². The molecule has 1 heterocycles. The molecule has 4 nitrogen and oxygen atoms in total. The molecule has 0 radical (unpaired) electrons. The van der Waals surface area contributed by atoms with Crippen LogP contribution in [0.3, 0.4) is 0 Å². The van der Waals surface area contributed by atoms with Gasteiger partial charge >= 0.3 is 0 Å². The van der Waals surface area contributed by atoms with Crippen LogP contribution in [0.1, 0.15) is 24.5 Å². The monoisotopic (exact) mass is 284 g/mol. The third-order valence-corrected chi connectivity index (χ3v) is 3.42. The van der Waals surface area contributed by atoms with E-state index < -0.39 is 6.10 Å². The number of anilines is 1. The molecule has 110 valence electrons. The summed E-state index contributed by atoms with van der Waals surface area (Å²) in [4.78, 5) is 16.3. The Kier molecular flexibility index (Phi) is 4.93. The number of aryl methyl sites for hydroxylation is 1. The zero-order chi connectivity index (χ0) is 15.2. The second kappa shape index (κ2) is 6.88. The van der Waals surface area contributed by atoms with Gasteiger partial charge in [0.15, 0.2) is 6.10 Å². The fraction of sp³-hybridized carbons (Fsp3) is 0.294. The first-order valence-electron chi connectivity index (χ1n) is 7.05. The maximum atomic E-state index is 12.3. The minimum atomic E-state index is -0.522. The van der Waals surface area contributed by atoms with Crippen LogP contribution in [-0.2, 0) is 4.79 Å². The average molecular weight is 284 g/mol. The molecular weight excluding hydrogens is 264 g/mol. The number of pyridine rings is 1. The molecule has 0 fully saturated rings. The van der Waals surface area contributed by atoms with Crippen molar-refractivity contribution in [1.29, 1.82) is 0 Å². The average Bonchev–Trinajstić information content (AvgIpc) is 2.49. The molecule has 0 aliphatic rings. The number of aromatic nitrogens is 1. The number of hydrogen-bond acceptors (Lipinski definition) is 3. The first-order valence-corrected chi connectivity index (χ1v) is 7.05. The maximum Gasteiger partial charge on any atom is 0.265 e. The fourth-order valence-electron chi connectivity index (χ4n) is 1.99. The number of hydrogen-bond donors (Lipinski definition) is 1. The van der Waals surface area contributed by atoms with Gasteiger partial charge < -0.3 is 10.1 Å². The lowest BCUT2D eigenvalue weighted by molar-refractivity contribution is -0.122. The SMILES string of the molecule is CC[C@H](Oc1cccc(C)c1C)C(=O)Nc1cccnc1. The molecule has 2 rings (SSSR count). The largest absolute Gasteiger partial charge is 0.480 e. The smallest absolute Gasteiger partial charge is 0.265 e. The van der Waals surface area contributed by atoms with Gasteiger partial charge in [-0.15, -0.1) is 0 Å². The van der Waals surface area contributed by atoms with Crippen LogP contribution in [0.5, 0.6) is 5.75 Å². The van der Waals surface area contributed by atoms with E-state index in [9.17, 15) is 4.79 Å². The van der Waals surface area contributed by atoms with E-state index in [1.807, 2.05) is 39.0 Å². The van der Waals surface area contributed by atoms with E-state index in [2.05, 4.69) is 10.3 Å². The highest BCUT2D eigenvalue weighted by molar-refractivity contribution is 5.94. The molecule has 0 saturated carbocycles. The number of nitrogens with one attached hydrogen (secondary N) is 1. The molecule has 0 spiro atoms. The molecule has 1 amide bonds. The Morgan fingerprint density at radius 2 is 2.10 bits per heavy atom. The highest BCUT2D eigenvalue weighted by Crippen LogP contribution is 2.22. The highest BCUT2D eigenvalue weighted by Gasteiger charge is 2.19. The highest BCUT2D eigenvalue weighted by atomic mass is 16.5. The molecule has 1 aromatic carbocycles. The van der Waals surface area contributed by atoms with Gasteiger partial charge in [0.25, 0.3) is 5.91 Å². The van der Waals surface area contributed by atoms with Gasteiger partial charge in [0.1, 0.15) is 5.75 Å². The molecule has 21 heavy (non-hydrogen) atoms. The molecule has 0 aliphatic carbocycles. The summed E-state index contributed by atoms with van der Waals surface area (Å²) in [7, 11) is 0. The number of amides is 1. The van der Waals surface area contributed by atoms with Crippen LogP contribution in [0.4, 0.5) is 5.69 Å². The number of rotatable bonds is 5. The van der Waals surface area contributed by atoms with Gasteiger partial charge in [0, 0.05) is 6.20 Å². The van der Waals surface area contributed by atoms with Crippen LogP contribution in [0.2, 0.25) is 0 Å². The number of benzene rings is 1. The lowest BCUT2D eigenvalue weighted by Crippen LogP contribution is -2.32. The van der Waals surface area contributed by atoms with Crippen molar-refractivity contribution in [2.45, 2.75) is 33.3 Å². The normalized spacial score (nSPS) is 11.8. The van der Waals surface area contributed by atoms with Crippen LogP contribution < -0.4 is 10.1 Å². The Hall–Kier alpha value is -2.36. The Morgan fingerprint density at radius 1 is 1.29 bits per heavy atom. The Morgan fingerprint density at radius 3 is 2.76 bits per heavy atom. The number of carbonyl (C=O) groups excluding carboxylic acids is 1. The molecule has 4 heteroatoms. The van der Waals surface area contributed by atoms with Gasteiger partial charge in [-0.1, -0.05) is 19.1 Å². The van der Waals surface area contributed by atoms with Crippen molar-refractivity contribution in [2.24, 2.45) is 0 Å². The number of carbonyl (C=O) groups is 1. The molecule has 0 unspecified atom stereocenters. The van der Waals surface area contributed by atoms with Gasteiger partial charge in [0.05, 0.1) is 11.9 Å². The number of ether oxygens (including phenoxy) is 1. The predicted octanol–water partition coefficient (Wildman–Crippen LogP) is 3.49. The summed E-state index contributed by atoms with van der Waals surface area (Å²) in [6.45, 7) is 5.95. The van der Waals surface area contributed by atoms with Crippen molar-refractivity contribution in [2.75, 3.05) is 5.32 Å². The van der Waals surface area contributed by atoms with Crippen molar-refractivity contribution in [3.63, 3.8) is 0 Å². The van der Waals surface area contributed by atoms with Crippen LogP contribution in [0, 0.1) is 13.8 Å². The maximum absolute atomic E-state index is 12.3. The number of nitrogens with zero attached hydrogens (tertiary/aromatic N) is 1.